The summed E-state index contributed by atoms with van der Waals surface area (Å²) in [6.07, 6.45) is 1.08. The van der Waals surface area contributed by atoms with Crippen LogP contribution in [-0.2, 0) is 6.42 Å². The molecular formula is C14H23BrN2. The number of benzene rings is 1. The lowest BCUT2D eigenvalue weighted by Crippen LogP contribution is -2.40. The smallest absolute Gasteiger partial charge is 0.0232 e. The maximum atomic E-state index is 3.47. The van der Waals surface area contributed by atoms with Crippen LogP contribution < -0.4 is 5.32 Å². The maximum absolute atomic E-state index is 3.47. The van der Waals surface area contributed by atoms with Crippen LogP contribution in [0.25, 0.3) is 0 Å². The monoisotopic (exact) mass is 298 g/mol. The van der Waals surface area contributed by atoms with Gasteiger partial charge in [0, 0.05) is 17.1 Å². The highest BCUT2D eigenvalue weighted by Gasteiger charge is 2.10. The van der Waals surface area contributed by atoms with Crippen molar-refractivity contribution in [2.24, 2.45) is 0 Å². The van der Waals surface area contributed by atoms with Gasteiger partial charge >= 0.3 is 0 Å². The molecule has 1 aromatic rings. The minimum absolute atomic E-state index is 0.524. The minimum atomic E-state index is 0.524. The Hall–Kier alpha value is -0.380. The molecule has 0 aliphatic heterocycles. The van der Waals surface area contributed by atoms with E-state index in [1.165, 1.54) is 5.56 Å². The number of hydrogen-bond donors (Lipinski definition) is 1. The first-order chi connectivity index (χ1) is 8.19. The third kappa shape index (κ3) is 5.19. The molecule has 96 valence electrons. The number of likely N-dealkylation sites (N-methyl/N-ethyl adjacent to an activating group) is 2. The van der Waals surface area contributed by atoms with Crippen molar-refractivity contribution in [2.75, 3.05) is 26.7 Å². The summed E-state index contributed by atoms with van der Waals surface area (Å²) in [5.41, 5.74) is 1.39. The first-order valence-electron chi connectivity index (χ1n) is 6.33. The number of nitrogens with one attached hydrogen (secondary N) is 1. The molecule has 0 saturated carbocycles. The molecule has 0 saturated heterocycles. The average molecular weight is 299 g/mol. The minimum Gasteiger partial charge on any atom is -0.315 e. The van der Waals surface area contributed by atoms with Gasteiger partial charge in [-0.15, -0.1) is 0 Å². The second-order valence-electron chi connectivity index (χ2n) is 4.30. The second-order valence-corrected chi connectivity index (χ2v) is 5.22. The van der Waals surface area contributed by atoms with Crippen LogP contribution in [-0.4, -0.2) is 37.6 Å². The van der Waals surface area contributed by atoms with E-state index in [0.29, 0.717) is 6.04 Å². The van der Waals surface area contributed by atoms with Crippen LogP contribution in [0.4, 0.5) is 0 Å². The lowest BCUT2D eigenvalue weighted by atomic mass is 10.1. The Morgan fingerprint density at radius 2 is 1.76 bits per heavy atom. The van der Waals surface area contributed by atoms with E-state index in [9.17, 15) is 0 Å². The van der Waals surface area contributed by atoms with Gasteiger partial charge in [-0.1, -0.05) is 41.9 Å². The lowest BCUT2D eigenvalue weighted by molar-refractivity contribution is 0.268. The molecule has 2 nitrogen and oxygen atoms in total. The van der Waals surface area contributed by atoms with Crippen LogP contribution in [0.2, 0.25) is 0 Å². The van der Waals surface area contributed by atoms with E-state index in [1.54, 1.807) is 0 Å². The number of hydrogen-bond acceptors (Lipinski definition) is 2. The van der Waals surface area contributed by atoms with E-state index in [4.69, 9.17) is 0 Å². The summed E-state index contributed by atoms with van der Waals surface area (Å²) < 4.78 is 1.14. The molecule has 0 spiro atoms. The van der Waals surface area contributed by atoms with Crippen LogP contribution >= 0.6 is 15.9 Å². The molecule has 1 N–H and O–H groups in total. The van der Waals surface area contributed by atoms with Crippen molar-refractivity contribution in [1.29, 1.82) is 0 Å². The second kappa shape index (κ2) is 7.85. The summed E-state index contributed by atoms with van der Waals surface area (Å²) in [5.74, 6) is 0. The van der Waals surface area contributed by atoms with Gasteiger partial charge in [-0.25, -0.2) is 0 Å². The van der Waals surface area contributed by atoms with E-state index < -0.39 is 0 Å². The predicted molar refractivity (Wildman–Crippen MR) is 78.5 cm³/mol. The van der Waals surface area contributed by atoms with E-state index in [0.717, 1.165) is 30.5 Å². The number of halogens is 1. The van der Waals surface area contributed by atoms with Crippen molar-refractivity contribution in [3.8, 4) is 0 Å². The standard InChI is InChI=1S/C14H23BrN2/c1-4-17(5-2)11-14(16-3)10-12-6-8-13(15)9-7-12/h6-9,14,16H,4-5,10-11H2,1-3H3. The molecule has 3 heteroatoms. The number of rotatable bonds is 7. The zero-order valence-corrected chi connectivity index (χ0v) is 12.6. The quantitative estimate of drug-likeness (QED) is 0.833. The van der Waals surface area contributed by atoms with Gasteiger partial charge in [-0.2, -0.15) is 0 Å². The van der Waals surface area contributed by atoms with Crippen molar-refractivity contribution in [1.82, 2.24) is 10.2 Å². The zero-order chi connectivity index (χ0) is 12.7. The summed E-state index contributed by atoms with van der Waals surface area (Å²) in [6.45, 7) is 7.79. The Morgan fingerprint density at radius 3 is 2.24 bits per heavy atom. The van der Waals surface area contributed by atoms with Crippen LogP contribution in [0.15, 0.2) is 28.7 Å². The van der Waals surface area contributed by atoms with Crippen LogP contribution in [0.3, 0.4) is 0 Å². The first-order valence-corrected chi connectivity index (χ1v) is 7.12. The van der Waals surface area contributed by atoms with Crippen LogP contribution in [0, 0.1) is 0 Å². The summed E-state index contributed by atoms with van der Waals surface area (Å²) in [6, 6.07) is 9.13. The molecule has 0 radical (unpaired) electrons. The van der Waals surface area contributed by atoms with Crippen LogP contribution in [0.1, 0.15) is 19.4 Å². The van der Waals surface area contributed by atoms with E-state index in [2.05, 4.69) is 64.3 Å². The van der Waals surface area contributed by atoms with Gasteiger partial charge in [0.25, 0.3) is 0 Å². The van der Waals surface area contributed by atoms with Gasteiger partial charge in [-0.3, -0.25) is 0 Å². The molecule has 1 atom stereocenters. The molecule has 0 bridgehead atoms. The molecule has 1 rings (SSSR count). The molecule has 0 fully saturated rings. The fraction of sp³-hybridized carbons (Fsp3) is 0.571. The summed E-state index contributed by atoms with van der Waals surface area (Å²) in [5, 5.41) is 3.41. The molecule has 17 heavy (non-hydrogen) atoms. The molecule has 0 heterocycles. The Kier molecular flexibility index (Phi) is 6.78. The molecule has 0 aliphatic carbocycles. The topological polar surface area (TPSA) is 15.3 Å². The van der Waals surface area contributed by atoms with Gasteiger partial charge < -0.3 is 10.2 Å². The normalized spacial score (nSPS) is 13.0. The Labute approximate surface area is 114 Å². The Balaban J connectivity index is 2.54. The lowest BCUT2D eigenvalue weighted by Gasteiger charge is -2.25. The summed E-state index contributed by atoms with van der Waals surface area (Å²) in [4.78, 5) is 2.46. The molecule has 0 aliphatic rings. The summed E-state index contributed by atoms with van der Waals surface area (Å²) >= 11 is 3.47. The molecule has 0 amide bonds. The Morgan fingerprint density at radius 1 is 1.18 bits per heavy atom. The highest BCUT2D eigenvalue weighted by atomic mass is 79.9. The first kappa shape index (κ1) is 14.7. The third-order valence-corrected chi connectivity index (χ3v) is 3.71. The average Bonchev–Trinajstić information content (AvgIpc) is 2.37. The molecular weight excluding hydrogens is 276 g/mol. The van der Waals surface area contributed by atoms with E-state index >= 15 is 0 Å². The van der Waals surface area contributed by atoms with Gasteiger partial charge in [0.15, 0.2) is 0 Å². The van der Waals surface area contributed by atoms with Gasteiger partial charge in [-0.05, 0) is 44.3 Å². The van der Waals surface area contributed by atoms with Crippen molar-refractivity contribution < 1.29 is 0 Å². The molecule has 0 aromatic heterocycles. The molecule has 1 unspecified atom stereocenters. The summed E-state index contributed by atoms with van der Waals surface area (Å²) in [7, 11) is 2.05. The highest BCUT2D eigenvalue weighted by molar-refractivity contribution is 9.10. The predicted octanol–water partition coefficient (Wildman–Crippen LogP) is 2.92. The van der Waals surface area contributed by atoms with Gasteiger partial charge in [0.2, 0.25) is 0 Å². The fourth-order valence-corrected chi connectivity index (χ4v) is 2.22. The largest absolute Gasteiger partial charge is 0.315 e. The Bertz CT molecular complexity index is 307. The van der Waals surface area contributed by atoms with Gasteiger partial charge in [0.1, 0.15) is 0 Å². The van der Waals surface area contributed by atoms with Gasteiger partial charge in [0.05, 0.1) is 0 Å². The van der Waals surface area contributed by atoms with Crippen molar-refractivity contribution >= 4 is 15.9 Å². The van der Waals surface area contributed by atoms with Crippen molar-refractivity contribution in [3.63, 3.8) is 0 Å². The van der Waals surface area contributed by atoms with Crippen molar-refractivity contribution in [3.05, 3.63) is 34.3 Å². The molecule has 1 aromatic carbocycles. The number of nitrogens with zero attached hydrogens (tertiary/aromatic N) is 1. The van der Waals surface area contributed by atoms with Crippen LogP contribution in [0.5, 0.6) is 0 Å². The fourth-order valence-electron chi connectivity index (χ4n) is 1.96. The van der Waals surface area contributed by atoms with Crippen molar-refractivity contribution in [2.45, 2.75) is 26.3 Å². The van der Waals surface area contributed by atoms with E-state index in [1.807, 2.05) is 7.05 Å². The maximum Gasteiger partial charge on any atom is 0.0232 e. The van der Waals surface area contributed by atoms with E-state index in [-0.39, 0.29) is 0 Å². The zero-order valence-electron chi connectivity index (χ0n) is 11.0. The highest BCUT2D eigenvalue weighted by Crippen LogP contribution is 2.12. The SMILES string of the molecule is CCN(CC)CC(Cc1ccc(Br)cc1)NC. The third-order valence-electron chi connectivity index (χ3n) is 3.18.